The minimum atomic E-state index is -0.338. The van der Waals surface area contributed by atoms with E-state index in [-0.39, 0.29) is 25.0 Å². The first-order chi connectivity index (χ1) is 7.62. The van der Waals surface area contributed by atoms with E-state index in [0.29, 0.717) is 19.6 Å². The highest BCUT2D eigenvalue weighted by Gasteiger charge is 1.96. The van der Waals surface area contributed by atoms with Crippen LogP contribution in [-0.2, 0) is 23.8 Å². The van der Waals surface area contributed by atoms with Crippen LogP contribution in [-0.4, -0.2) is 51.1 Å². The molecule has 0 aliphatic carbocycles. The summed E-state index contributed by atoms with van der Waals surface area (Å²) in [6, 6.07) is 0. The van der Waals surface area contributed by atoms with Crippen LogP contribution >= 0.6 is 0 Å². The molecule has 0 aliphatic rings. The van der Waals surface area contributed by atoms with Gasteiger partial charge in [-0.2, -0.15) is 0 Å². The van der Waals surface area contributed by atoms with Crippen LogP contribution in [0.2, 0.25) is 0 Å². The molecular weight excluding hydrogens is 216 g/mol. The van der Waals surface area contributed by atoms with Crippen molar-refractivity contribution in [3.63, 3.8) is 0 Å². The zero-order valence-electron chi connectivity index (χ0n) is 10.0. The molecule has 0 amide bonds. The SMILES string of the molecule is CCOC(=O)CCO.COCCC(=O)OC. The largest absolute Gasteiger partial charge is 0.469 e. The molecule has 0 fully saturated rings. The van der Waals surface area contributed by atoms with Crippen LogP contribution in [0.1, 0.15) is 19.8 Å². The Kier molecular flexibility index (Phi) is 15.0. The van der Waals surface area contributed by atoms with Crippen LogP contribution in [0, 0.1) is 0 Å². The van der Waals surface area contributed by atoms with Gasteiger partial charge in [0.05, 0.1) is 39.8 Å². The summed E-state index contributed by atoms with van der Waals surface area (Å²) in [4.78, 5) is 20.5. The number of aliphatic hydroxyl groups excluding tert-OH is 1. The molecule has 0 saturated heterocycles. The van der Waals surface area contributed by atoms with Crippen LogP contribution in [0.15, 0.2) is 0 Å². The normalized spacial score (nSPS) is 8.75. The van der Waals surface area contributed by atoms with Crippen molar-refractivity contribution in [3.8, 4) is 0 Å². The Morgan fingerprint density at radius 2 is 1.75 bits per heavy atom. The van der Waals surface area contributed by atoms with Crippen LogP contribution in [0.3, 0.4) is 0 Å². The van der Waals surface area contributed by atoms with E-state index in [1.54, 1.807) is 14.0 Å². The number of carbonyl (C=O) groups is 2. The summed E-state index contributed by atoms with van der Waals surface area (Å²) in [5.74, 6) is -0.568. The van der Waals surface area contributed by atoms with Gasteiger partial charge in [-0.3, -0.25) is 9.59 Å². The van der Waals surface area contributed by atoms with Crippen molar-refractivity contribution in [3.05, 3.63) is 0 Å². The number of ether oxygens (including phenoxy) is 3. The van der Waals surface area contributed by atoms with Crippen LogP contribution in [0.4, 0.5) is 0 Å². The molecule has 0 aliphatic heterocycles. The van der Waals surface area contributed by atoms with Gasteiger partial charge < -0.3 is 19.3 Å². The van der Waals surface area contributed by atoms with Gasteiger partial charge in [0.15, 0.2) is 0 Å². The molecule has 0 aromatic rings. The summed E-state index contributed by atoms with van der Waals surface area (Å²) < 4.78 is 13.4. The first kappa shape index (κ1) is 17.3. The predicted octanol–water partition coefficient (Wildman–Crippen LogP) is 0.128. The average Bonchev–Trinajstić information content (AvgIpc) is 2.27. The molecular formula is C10H20O6. The second-order valence-electron chi connectivity index (χ2n) is 2.60. The Hall–Kier alpha value is -1.14. The van der Waals surface area contributed by atoms with E-state index in [1.165, 1.54) is 7.11 Å². The molecule has 0 saturated carbocycles. The molecule has 0 aromatic carbocycles. The minimum absolute atomic E-state index is 0.105. The molecule has 16 heavy (non-hydrogen) atoms. The maximum Gasteiger partial charge on any atom is 0.308 e. The lowest BCUT2D eigenvalue weighted by molar-refractivity contribution is -0.144. The van der Waals surface area contributed by atoms with Gasteiger partial charge in [0.25, 0.3) is 0 Å². The van der Waals surface area contributed by atoms with E-state index in [0.717, 1.165) is 0 Å². The Morgan fingerprint density at radius 3 is 2.12 bits per heavy atom. The molecule has 96 valence electrons. The average molecular weight is 236 g/mol. The summed E-state index contributed by atoms with van der Waals surface area (Å²) >= 11 is 0. The van der Waals surface area contributed by atoms with E-state index in [9.17, 15) is 9.59 Å². The van der Waals surface area contributed by atoms with Crippen LogP contribution in [0.25, 0.3) is 0 Å². The Bertz CT molecular complexity index is 172. The summed E-state index contributed by atoms with van der Waals surface area (Å²) in [6.07, 6.45) is 0.445. The van der Waals surface area contributed by atoms with E-state index in [4.69, 9.17) is 5.11 Å². The van der Waals surface area contributed by atoms with Crippen molar-refractivity contribution in [2.45, 2.75) is 19.8 Å². The highest BCUT2D eigenvalue weighted by Crippen LogP contribution is 1.82. The molecule has 0 unspecified atom stereocenters. The maximum atomic E-state index is 10.3. The third-order valence-corrected chi connectivity index (χ3v) is 1.36. The van der Waals surface area contributed by atoms with Crippen LogP contribution in [0.5, 0.6) is 0 Å². The van der Waals surface area contributed by atoms with Gasteiger partial charge in [0.2, 0.25) is 0 Å². The first-order valence-electron chi connectivity index (χ1n) is 4.94. The number of esters is 2. The van der Waals surface area contributed by atoms with Crippen molar-refractivity contribution in [2.24, 2.45) is 0 Å². The van der Waals surface area contributed by atoms with Crippen molar-refractivity contribution in [1.82, 2.24) is 0 Å². The third kappa shape index (κ3) is 15.3. The molecule has 6 heteroatoms. The van der Waals surface area contributed by atoms with Crippen LogP contribution < -0.4 is 0 Å². The minimum Gasteiger partial charge on any atom is -0.469 e. The number of rotatable bonds is 6. The summed E-state index contributed by atoms with van der Waals surface area (Å²) in [5, 5.41) is 8.16. The van der Waals surface area contributed by atoms with Gasteiger partial charge >= 0.3 is 11.9 Å². The Balaban J connectivity index is 0. The number of carbonyl (C=O) groups excluding carboxylic acids is 2. The standard InChI is InChI=1S/2C5H10O3/c1-7-4-3-5(6)8-2;1-2-8-5(7)3-4-6/h3-4H2,1-2H3;6H,2-4H2,1H3. The molecule has 0 atom stereocenters. The zero-order chi connectivity index (χ0) is 12.8. The number of hydrogen-bond donors (Lipinski definition) is 1. The molecule has 0 rings (SSSR count). The molecule has 0 radical (unpaired) electrons. The van der Waals surface area contributed by atoms with Gasteiger partial charge in [0.1, 0.15) is 0 Å². The highest BCUT2D eigenvalue weighted by molar-refractivity contribution is 5.69. The van der Waals surface area contributed by atoms with Gasteiger partial charge in [-0.15, -0.1) is 0 Å². The number of aliphatic hydroxyl groups is 1. The molecule has 0 spiro atoms. The molecule has 0 aromatic heterocycles. The van der Waals surface area contributed by atoms with Crippen molar-refractivity contribution < 1.29 is 28.9 Å². The fourth-order valence-electron chi connectivity index (χ4n) is 0.612. The van der Waals surface area contributed by atoms with Crippen molar-refractivity contribution in [2.75, 3.05) is 34.0 Å². The smallest absolute Gasteiger partial charge is 0.308 e. The summed E-state index contributed by atoms with van der Waals surface area (Å²) in [6.45, 7) is 2.43. The van der Waals surface area contributed by atoms with Gasteiger partial charge in [0, 0.05) is 7.11 Å². The fourth-order valence-corrected chi connectivity index (χ4v) is 0.612. The molecule has 0 bridgehead atoms. The topological polar surface area (TPSA) is 82.1 Å². The fraction of sp³-hybridized carbons (Fsp3) is 0.800. The Labute approximate surface area is 95.5 Å². The van der Waals surface area contributed by atoms with Crippen molar-refractivity contribution >= 4 is 11.9 Å². The lowest BCUT2D eigenvalue weighted by Crippen LogP contribution is -2.05. The second-order valence-corrected chi connectivity index (χ2v) is 2.60. The molecule has 0 heterocycles. The van der Waals surface area contributed by atoms with Gasteiger partial charge in [-0.25, -0.2) is 0 Å². The van der Waals surface area contributed by atoms with E-state index >= 15 is 0 Å². The molecule has 6 nitrogen and oxygen atoms in total. The second kappa shape index (κ2) is 13.9. The Morgan fingerprint density at radius 1 is 1.12 bits per heavy atom. The first-order valence-corrected chi connectivity index (χ1v) is 4.94. The van der Waals surface area contributed by atoms with Gasteiger partial charge in [-0.1, -0.05) is 0 Å². The monoisotopic (exact) mass is 236 g/mol. The molecule has 1 N–H and O–H groups in total. The van der Waals surface area contributed by atoms with Gasteiger partial charge in [-0.05, 0) is 6.92 Å². The van der Waals surface area contributed by atoms with E-state index in [2.05, 4.69) is 14.2 Å². The van der Waals surface area contributed by atoms with E-state index in [1.807, 2.05) is 0 Å². The lowest BCUT2D eigenvalue weighted by Gasteiger charge is -1.96. The summed E-state index contributed by atoms with van der Waals surface area (Å²) in [7, 11) is 2.90. The zero-order valence-corrected chi connectivity index (χ0v) is 10.0. The number of hydrogen-bond acceptors (Lipinski definition) is 6. The number of methoxy groups -OCH3 is 2. The van der Waals surface area contributed by atoms with E-state index < -0.39 is 0 Å². The quantitative estimate of drug-likeness (QED) is 0.660. The summed E-state index contributed by atoms with van der Waals surface area (Å²) in [5.41, 5.74) is 0. The maximum absolute atomic E-state index is 10.3. The predicted molar refractivity (Wildman–Crippen MR) is 56.8 cm³/mol. The van der Waals surface area contributed by atoms with Crippen molar-refractivity contribution in [1.29, 1.82) is 0 Å². The lowest BCUT2D eigenvalue weighted by atomic mass is 10.5. The third-order valence-electron chi connectivity index (χ3n) is 1.36. The highest BCUT2D eigenvalue weighted by atomic mass is 16.5.